The summed E-state index contributed by atoms with van der Waals surface area (Å²) >= 11 is 1.61. The Morgan fingerprint density at radius 1 is 1.22 bits per heavy atom. The molecule has 92 valence electrons. The van der Waals surface area contributed by atoms with Crippen LogP contribution < -0.4 is 5.32 Å². The van der Waals surface area contributed by atoms with Gasteiger partial charge in [-0.2, -0.15) is 0 Å². The first-order valence-electron chi connectivity index (χ1n) is 5.75. The molecule has 2 rings (SSSR count). The molecule has 2 aromatic rings. The average Bonchev–Trinajstić information content (AvgIpc) is 2.84. The number of thiophene rings is 1. The largest absolute Gasteiger partial charge is 0.323 e. The van der Waals surface area contributed by atoms with Crippen LogP contribution in [-0.4, -0.2) is 5.91 Å². The van der Waals surface area contributed by atoms with E-state index < -0.39 is 0 Å². The monoisotopic (exact) mass is 257 g/mol. The second-order valence-electron chi connectivity index (χ2n) is 4.14. The van der Waals surface area contributed by atoms with Crippen molar-refractivity contribution >= 4 is 29.0 Å². The third kappa shape index (κ3) is 3.31. The van der Waals surface area contributed by atoms with Gasteiger partial charge in [0.05, 0.1) is 0 Å². The Labute approximate surface area is 111 Å². The van der Waals surface area contributed by atoms with Crippen molar-refractivity contribution in [3.8, 4) is 0 Å². The molecule has 0 spiro atoms. The first kappa shape index (κ1) is 12.6. The maximum atomic E-state index is 11.7. The maximum absolute atomic E-state index is 11.7. The quantitative estimate of drug-likeness (QED) is 0.827. The van der Waals surface area contributed by atoms with Crippen LogP contribution in [0.1, 0.15) is 16.0 Å². The summed E-state index contributed by atoms with van der Waals surface area (Å²) in [7, 11) is 0. The van der Waals surface area contributed by atoms with E-state index in [0.29, 0.717) is 0 Å². The fraction of sp³-hybridized carbons (Fsp3) is 0.133. The molecule has 1 N–H and O–H groups in total. The van der Waals surface area contributed by atoms with Crippen LogP contribution in [0.2, 0.25) is 0 Å². The van der Waals surface area contributed by atoms with E-state index in [4.69, 9.17) is 0 Å². The van der Waals surface area contributed by atoms with Gasteiger partial charge < -0.3 is 5.32 Å². The molecule has 0 saturated carbocycles. The molecule has 0 aliphatic rings. The number of aryl methyl sites for hydroxylation is 2. The minimum Gasteiger partial charge on any atom is -0.323 e. The number of carbonyl (C=O) groups excluding carboxylic acids is 1. The Morgan fingerprint density at radius 3 is 2.72 bits per heavy atom. The van der Waals surface area contributed by atoms with E-state index in [1.54, 1.807) is 17.4 Å². The molecule has 0 unspecified atom stereocenters. The molecule has 18 heavy (non-hydrogen) atoms. The smallest absolute Gasteiger partial charge is 0.248 e. The molecule has 1 aromatic heterocycles. The molecule has 2 nitrogen and oxygen atoms in total. The lowest BCUT2D eigenvalue weighted by atomic mass is 10.1. The molecule has 3 heteroatoms. The van der Waals surface area contributed by atoms with Gasteiger partial charge in [0, 0.05) is 16.6 Å². The van der Waals surface area contributed by atoms with Crippen LogP contribution >= 0.6 is 11.3 Å². The van der Waals surface area contributed by atoms with Crippen LogP contribution in [0.4, 0.5) is 5.69 Å². The number of benzene rings is 1. The summed E-state index contributed by atoms with van der Waals surface area (Å²) in [6.45, 7) is 4.09. The van der Waals surface area contributed by atoms with Crippen LogP contribution in [0, 0.1) is 13.8 Å². The van der Waals surface area contributed by atoms with E-state index in [-0.39, 0.29) is 5.91 Å². The van der Waals surface area contributed by atoms with Gasteiger partial charge in [-0.25, -0.2) is 0 Å². The normalized spacial score (nSPS) is 10.8. The van der Waals surface area contributed by atoms with E-state index in [1.807, 2.05) is 48.7 Å². The van der Waals surface area contributed by atoms with Gasteiger partial charge in [0.15, 0.2) is 0 Å². The first-order valence-corrected chi connectivity index (χ1v) is 6.63. The second kappa shape index (κ2) is 5.65. The zero-order chi connectivity index (χ0) is 13.0. The second-order valence-corrected chi connectivity index (χ2v) is 5.12. The highest BCUT2D eigenvalue weighted by molar-refractivity contribution is 7.10. The summed E-state index contributed by atoms with van der Waals surface area (Å²) < 4.78 is 0. The van der Waals surface area contributed by atoms with E-state index >= 15 is 0 Å². The van der Waals surface area contributed by atoms with Gasteiger partial charge >= 0.3 is 0 Å². The van der Waals surface area contributed by atoms with Gasteiger partial charge in [-0.3, -0.25) is 4.79 Å². The zero-order valence-electron chi connectivity index (χ0n) is 10.4. The van der Waals surface area contributed by atoms with Crippen LogP contribution in [0.25, 0.3) is 6.08 Å². The SMILES string of the molecule is Cc1ccc(NC(=O)C=Cc2cccs2)cc1C. The lowest BCUT2D eigenvalue weighted by Gasteiger charge is -2.05. The lowest BCUT2D eigenvalue weighted by molar-refractivity contribution is -0.111. The number of rotatable bonds is 3. The molecule has 0 bridgehead atoms. The Bertz CT molecular complexity index is 570. The molecule has 1 amide bonds. The van der Waals surface area contributed by atoms with Gasteiger partial charge in [0.1, 0.15) is 0 Å². The van der Waals surface area contributed by atoms with Gasteiger partial charge in [-0.05, 0) is 54.6 Å². The highest BCUT2D eigenvalue weighted by Gasteiger charge is 1.99. The van der Waals surface area contributed by atoms with Gasteiger partial charge in [0.2, 0.25) is 5.91 Å². The molecule has 0 atom stereocenters. The fourth-order valence-electron chi connectivity index (χ4n) is 1.55. The zero-order valence-corrected chi connectivity index (χ0v) is 11.3. The van der Waals surface area contributed by atoms with Crippen molar-refractivity contribution in [2.24, 2.45) is 0 Å². The predicted octanol–water partition coefficient (Wildman–Crippen LogP) is 4.02. The Balaban J connectivity index is 2.01. The highest BCUT2D eigenvalue weighted by Crippen LogP contribution is 2.14. The van der Waals surface area contributed by atoms with E-state index in [0.717, 1.165) is 10.6 Å². The minimum absolute atomic E-state index is 0.105. The molecule has 0 fully saturated rings. The van der Waals surface area contributed by atoms with Gasteiger partial charge in [-0.15, -0.1) is 11.3 Å². The van der Waals surface area contributed by atoms with Crippen LogP contribution in [0.3, 0.4) is 0 Å². The maximum Gasteiger partial charge on any atom is 0.248 e. The number of anilines is 1. The Hall–Kier alpha value is -1.87. The Kier molecular flexibility index (Phi) is 3.95. The number of hydrogen-bond acceptors (Lipinski definition) is 2. The van der Waals surface area contributed by atoms with Crippen molar-refractivity contribution in [3.63, 3.8) is 0 Å². The number of hydrogen-bond donors (Lipinski definition) is 1. The third-order valence-corrected chi connectivity index (χ3v) is 3.55. The lowest BCUT2D eigenvalue weighted by Crippen LogP contribution is -2.07. The van der Waals surface area contributed by atoms with Crippen molar-refractivity contribution in [2.45, 2.75) is 13.8 Å². The van der Waals surface area contributed by atoms with Crippen molar-refractivity contribution in [1.29, 1.82) is 0 Å². The van der Waals surface area contributed by atoms with Crippen LogP contribution in [0.5, 0.6) is 0 Å². The highest BCUT2D eigenvalue weighted by atomic mass is 32.1. The van der Waals surface area contributed by atoms with Gasteiger partial charge in [-0.1, -0.05) is 12.1 Å². The van der Waals surface area contributed by atoms with E-state index in [2.05, 4.69) is 12.2 Å². The van der Waals surface area contributed by atoms with Gasteiger partial charge in [0.25, 0.3) is 0 Å². The average molecular weight is 257 g/mol. The summed E-state index contributed by atoms with van der Waals surface area (Å²) in [5, 5.41) is 4.84. The molecule has 1 aromatic carbocycles. The third-order valence-electron chi connectivity index (χ3n) is 2.72. The molecule has 0 saturated heterocycles. The standard InChI is InChI=1S/C15H15NOS/c1-11-5-6-13(10-12(11)2)16-15(17)8-7-14-4-3-9-18-14/h3-10H,1-2H3,(H,16,17). The van der Waals surface area contributed by atoms with Crippen molar-refractivity contribution in [3.05, 3.63) is 57.8 Å². The molecular formula is C15H15NOS. The van der Waals surface area contributed by atoms with Crippen molar-refractivity contribution in [2.75, 3.05) is 5.32 Å². The first-order chi connectivity index (χ1) is 8.65. The summed E-state index contributed by atoms with van der Waals surface area (Å²) in [5.74, 6) is -0.105. The van der Waals surface area contributed by atoms with Crippen LogP contribution in [-0.2, 0) is 4.79 Å². The number of nitrogens with one attached hydrogen (secondary N) is 1. The molecular weight excluding hydrogens is 242 g/mol. The molecule has 0 radical (unpaired) electrons. The fourth-order valence-corrected chi connectivity index (χ4v) is 2.17. The van der Waals surface area contributed by atoms with E-state index in [1.165, 1.54) is 11.1 Å². The predicted molar refractivity (Wildman–Crippen MR) is 77.9 cm³/mol. The minimum atomic E-state index is -0.105. The molecule has 0 aliphatic carbocycles. The molecule has 1 heterocycles. The van der Waals surface area contributed by atoms with Crippen molar-refractivity contribution < 1.29 is 4.79 Å². The Morgan fingerprint density at radius 2 is 2.06 bits per heavy atom. The topological polar surface area (TPSA) is 29.1 Å². The summed E-state index contributed by atoms with van der Waals surface area (Å²) in [5.41, 5.74) is 3.23. The van der Waals surface area contributed by atoms with E-state index in [9.17, 15) is 4.79 Å². The summed E-state index contributed by atoms with van der Waals surface area (Å²) in [6.07, 6.45) is 3.38. The van der Waals surface area contributed by atoms with Crippen LogP contribution in [0.15, 0.2) is 41.8 Å². The number of carbonyl (C=O) groups is 1. The summed E-state index contributed by atoms with van der Waals surface area (Å²) in [4.78, 5) is 12.8. The number of amides is 1. The summed E-state index contributed by atoms with van der Waals surface area (Å²) in [6, 6.07) is 9.84. The molecule has 0 aliphatic heterocycles. The van der Waals surface area contributed by atoms with Crippen molar-refractivity contribution in [1.82, 2.24) is 0 Å².